The molecule has 104 valence electrons. The van der Waals surface area contributed by atoms with E-state index in [9.17, 15) is 0 Å². The summed E-state index contributed by atoms with van der Waals surface area (Å²) in [5, 5.41) is 4.90. The lowest BCUT2D eigenvalue weighted by Gasteiger charge is -2.26. The Hall–Kier alpha value is -0.900. The highest BCUT2D eigenvalue weighted by Gasteiger charge is 2.19. The van der Waals surface area contributed by atoms with Crippen molar-refractivity contribution in [1.29, 1.82) is 0 Å². The van der Waals surface area contributed by atoms with E-state index in [1.54, 1.807) is 0 Å². The van der Waals surface area contributed by atoms with Crippen LogP contribution < -0.4 is 5.32 Å². The lowest BCUT2D eigenvalue weighted by molar-refractivity contribution is -0.0102. The summed E-state index contributed by atoms with van der Waals surface area (Å²) >= 11 is 1.87. The Labute approximate surface area is 119 Å². The van der Waals surface area contributed by atoms with Crippen molar-refractivity contribution in [2.24, 2.45) is 0 Å². The van der Waals surface area contributed by atoms with E-state index < -0.39 is 0 Å². The summed E-state index contributed by atoms with van der Waals surface area (Å²) in [6.45, 7) is 10.1. The van der Waals surface area contributed by atoms with E-state index in [-0.39, 0.29) is 5.60 Å². The molecule has 0 aliphatic rings. The van der Waals surface area contributed by atoms with Crippen LogP contribution in [0.2, 0.25) is 0 Å². The highest BCUT2D eigenvalue weighted by Crippen LogP contribution is 2.29. The largest absolute Gasteiger partial charge is 0.375 e. The Balaban J connectivity index is 2.01. The van der Waals surface area contributed by atoms with Crippen LogP contribution in [-0.2, 0) is 4.74 Å². The zero-order chi connectivity index (χ0) is 13.9. The molecule has 0 spiro atoms. The number of ether oxygens (including phenoxy) is 1. The van der Waals surface area contributed by atoms with Crippen LogP contribution in [0.1, 0.15) is 38.6 Å². The van der Waals surface area contributed by atoms with Gasteiger partial charge in [0.1, 0.15) is 0 Å². The molecule has 0 amide bonds. The first-order chi connectivity index (χ1) is 9.02. The van der Waals surface area contributed by atoms with Crippen molar-refractivity contribution in [2.45, 2.75) is 39.3 Å². The minimum Gasteiger partial charge on any atom is -0.375 e. The fourth-order valence-corrected chi connectivity index (χ4v) is 3.25. The number of benzene rings is 1. The molecule has 1 aromatic carbocycles. The van der Waals surface area contributed by atoms with Gasteiger partial charge in [-0.05, 0) is 45.2 Å². The van der Waals surface area contributed by atoms with Gasteiger partial charge in [-0.25, -0.2) is 0 Å². The molecule has 1 aromatic heterocycles. The standard InChI is InChI=1S/C16H23NOS/c1-5-18-16(3,4)11-17-12(2)15-10-13-8-6-7-9-14(13)19-15/h6-10,12,17H,5,11H2,1-4H3. The molecule has 19 heavy (non-hydrogen) atoms. The summed E-state index contributed by atoms with van der Waals surface area (Å²) in [6, 6.07) is 11.2. The van der Waals surface area contributed by atoms with Gasteiger partial charge < -0.3 is 10.1 Å². The zero-order valence-corrected chi connectivity index (χ0v) is 13.0. The monoisotopic (exact) mass is 277 g/mol. The van der Waals surface area contributed by atoms with Crippen molar-refractivity contribution in [3.8, 4) is 0 Å². The fraction of sp³-hybridized carbons (Fsp3) is 0.500. The Morgan fingerprint density at radius 1 is 1.32 bits per heavy atom. The molecule has 0 radical (unpaired) electrons. The van der Waals surface area contributed by atoms with Gasteiger partial charge in [0.05, 0.1) is 5.60 Å². The molecule has 1 N–H and O–H groups in total. The number of thiophene rings is 1. The van der Waals surface area contributed by atoms with Gasteiger partial charge in [0, 0.05) is 28.8 Å². The summed E-state index contributed by atoms with van der Waals surface area (Å²) in [6.07, 6.45) is 0. The van der Waals surface area contributed by atoms with E-state index in [2.05, 4.69) is 56.4 Å². The third-order valence-corrected chi connectivity index (χ3v) is 4.54. The number of nitrogens with one attached hydrogen (secondary N) is 1. The zero-order valence-electron chi connectivity index (χ0n) is 12.2. The van der Waals surface area contributed by atoms with Crippen LogP contribution in [0.15, 0.2) is 30.3 Å². The number of hydrogen-bond acceptors (Lipinski definition) is 3. The number of rotatable bonds is 6. The molecule has 1 unspecified atom stereocenters. The van der Waals surface area contributed by atoms with Crippen molar-refractivity contribution >= 4 is 21.4 Å². The maximum Gasteiger partial charge on any atom is 0.0750 e. The van der Waals surface area contributed by atoms with Crippen LogP contribution in [0.25, 0.3) is 10.1 Å². The van der Waals surface area contributed by atoms with Crippen LogP contribution in [0.3, 0.4) is 0 Å². The van der Waals surface area contributed by atoms with Crippen molar-refractivity contribution in [2.75, 3.05) is 13.2 Å². The fourth-order valence-electron chi connectivity index (χ4n) is 2.16. The van der Waals surface area contributed by atoms with Crippen molar-refractivity contribution < 1.29 is 4.74 Å². The van der Waals surface area contributed by atoms with Gasteiger partial charge in [0.2, 0.25) is 0 Å². The summed E-state index contributed by atoms with van der Waals surface area (Å²) in [7, 11) is 0. The summed E-state index contributed by atoms with van der Waals surface area (Å²) in [5.74, 6) is 0. The van der Waals surface area contributed by atoms with E-state index in [1.165, 1.54) is 15.0 Å². The molecule has 0 saturated carbocycles. The normalized spacial score (nSPS) is 13.9. The van der Waals surface area contributed by atoms with Crippen molar-refractivity contribution in [1.82, 2.24) is 5.32 Å². The van der Waals surface area contributed by atoms with E-state index in [4.69, 9.17) is 4.74 Å². The smallest absolute Gasteiger partial charge is 0.0750 e. The van der Waals surface area contributed by atoms with Gasteiger partial charge >= 0.3 is 0 Å². The Bertz CT molecular complexity index is 499. The molecule has 0 saturated heterocycles. The van der Waals surface area contributed by atoms with E-state index in [0.717, 1.165) is 13.2 Å². The highest BCUT2D eigenvalue weighted by atomic mass is 32.1. The number of fused-ring (bicyclic) bond motifs is 1. The lowest BCUT2D eigenvalue weighted by atomic mass is 10.1. The van der Waals surface area contributed by atoms with E-state index >= 15 is 0 Å². The lowest BCUT2D eigenvalue weighted by Crippen LogP contribution is -2.38. The SMILES string of the molecule is CCOC(C)(C)CNC(C)c1cc2ccccc2s1. The van der Waals surface area contributed by atoms with Crippen LogP contribution in [0.4, 0.5) is 0 Å². The van der Waals surface area contributed by atoms with Gasteiger partial charge in [0.25, 0.3) is 0 Å². The molecule has 0 fully saturated rings. The second-order valence-electron chi connectivity index (χ2n) is 5.48. The summed E-state index contributed by atoms with van der Waals surface area (Å²) in [5.41, 5.74) is -0.111. The van der Waals surface area contributed by atoms with Crippen molar-refractivity contribution in [3.63, 3.8) is 0 Å². The molecule has 0 aliphatic carbocycles. The van der Waals surface area contributed by atoms with Crippen LogP contribution in [0.5, 0.6) is 0 Å². The second-order valence-corrected chi connectivity index (χ2v) is 6.60. The average Bonchev–Trinajstić information content (AvgIpc) is 2.79. The molecular formula is C16H23NOS. The Morgan fingerprint density at radius 3 is 2.74 bits per heavy atom. The van der Waals surface area contributed by atoms with Crippen molar-refractivity contribution in [3.05, 3.63) is 35.2 Å². The molecule has 0 aliphatic heterocycles. The van der Waals surface area contributed by atoms with Gasteiger partial charge in [-0.1, -0.05) is 18.2 Å². The predicted octanol–water partition coefficient (Wildman–Crippen LogP) is 4.37. The van der Waals surface area contributed by atoms with Crippen LogP contribution >= 0.6 is 11.3 Å². The van der Waals surface area contributed by atoms with Gasteiger partial charge in [-0.3, -0.25) is 0 Å². The quantitative estimate of drug-likeness (QED) is 0.846. The van der Waals surface area contributed by atoms with E-state index in [1.807, 2.05) is 18.3 Å². The molecule has 2 aromatic rings. The maximum atomic E-state index is 5.72. The Morgan fingerprint density at radius 2 is 2.05 bits per heavy atom. The van der Waals surface area contributed by atoms with Gasteiger partial charge in [0.15, 0.2) is 0 Å². The third-order valence-electron chi connectivity index (χ3n) is 3.24. The Kier molecular flexibility index (Phi) is 4.61. The average molecular weight is 277 g/mol. The molecule has 3 heteroatoms. The first-order valence-electron chi connectivity index (χ1n) is 6.87. The van der Waals surface area contributed by atoms with Crippen LogP contribution in [0, 0.1) is 0 Å². The third kappa shape index (κ3) is 3.78. The molecule has 2 rings (SSSR count). The topological polar surface area (TPSA) is 21.3 Å². The molecule has 1 heterocycles. The molecule has 0 bridgehead atoms. The number of hydrogen-bond donors (Lipinski definition) is 1. The predicted molar refractivity (Wildman–Crippen MR) is 83.9 cm³/mol. The first kappa shape index (κ1) is 14.5. The first-order valence-corrected chi connectivity index (χ1v) is 7.69. The molecular weight excluding hydrogens is 254 g/mol. The molecule has 1 atom stereocenters. The maximum absolute atomic E-state index is 5.72. The molecule has 2 nitrogen and oxygen atoms in total. The second kappa shape index (κ2) is 6.04. The van der Waals surface area contributed by atoms with E-state index in [0.29, 0.717) is 6.04 Å². The minimum absolute atomic E-state index is 0.111. The summed E-state index contributed by atoms with van der Waals surface area (Å²) in [4.78, 5) is 1.38. The van der Waals surface area contributed by atoms with Gasteiger partial charge in [-0.2, -0.15) is 0 Å². The minimum atomic E-state index is -0.111. The highest BCUT2D eigenvalue weighted by molar-refractivity contribution is 7.19. The summed E-state index contributed by atoms with van der Waals surface area (Å²) < 4.78 is 7.07. The van der Waals surface area contributed by atoms with Crippen LogP contribution in [-0.4, -0.2) is 18.8 Å². The van der Waals surface area contributed by atoms with Gasteiger partial charge in [-0.15, -0.1) is 11.3 Å².